The quantitative estimate of drug-likeness (QED) is 0.353. The lowest BCUT2D eigenvalue weighted by molar-refractivity contribution is -0.266. The van der Waals surface area contributed by atoms with E-state index in [1.54, 1.807) is 0 Å². The molecule has 0 spiro atoms. The zero-order valence-corrected chi connectivity index (χ0v) is 12.3. The summed E-state index contributed by atoms with van der Waals surface area (Å²) >= 11 is 0. The molecule has 0 aromatic rings. The minimum atomic E-state index is -6.06. The normalized spacial score (nSPS) is 14.1. The molecule has 0 saturated carbocycles. The summed E-state index contributed by atoms with van der Waals surface area (Å²) in [7, 11) is 0. The Hall–Kier alpha value is -2.28. The molecular formula is C12H10F10N2O2. The Labute approximate surface area is 138 Å². The standard InChI is InChI=1S/C12H10F10N2O2/c13-9(14,11(17,18)19)7(25)1-3-23-5-6-24-4-2-8(26)10(15,16)12(20,21)22/h1-4,23-24H,5-6H2/b3-1-,4-2-. The Bertz CT molecular complexity index is 513. The zero-order valence-electron chi connectivity index (χ0n) is 12.3. The second-order valence-electron chi connectivity index (χ2n) is 4.45. The van der Waals surface area contributed by atoms with E-state index < -0.39 is 35.8 Å². The van der Waals surface area contributed by atoms with E-state index in [1.807, 2.05) is 0 Å². The average molecular weight is 404 g/mol. The van der Waals surface area contributed by atoms with Gasteiger partial charge in [-0.2, -0.15) is 43.9 Å². The Kier molecular flexibility index (Phi) is 7.66. The summed E-state index contributed by atoms with van der Waals surface area (Å²) in [4.78, 5) is 21.3. The summed E-state index contributed by atoms with van der Waals surface area (Å²) in [5.41, 5.74) is 0. The molecule has 0 saturated heterocycles. The Morgan fingerprint density at radius 1 is 0.615 bits per heavy atom. The number of hydrogen-bond acceptors (Lipinski definition) is 4. The van der Waals surface area contributed by atoms with Crippen LogP contribution in [0.25, 0.3) is 0 Å². The van der Waals surface area contributed by atoms with Crippen molar-refractivity contribution in [3.63, 3.8) is 0 Å². The molecule has 0 unspecified atom stereocenters. The van der Waals surface area contributed by atoms with Crippen molar-refractivity contribution in [1.29, 1.82) is 0 Å². The maximum absolute atomic E-state index is 12.5. The summed E-state index contributed by atoms with van der Waals surface area (Å²) in [5.74, 6) is -16.2. The predicted octanol–water partition coefficient (Wildman–Crippen LogP) is 2.73. The number of hydrogen-bond donors (Lipinski definition) is 2. The van der Waals surface area contributed by atoms with Crippen LogP contribution >= 0.6 is 0 Å². The molecule has 14 heteroatoms. The van der Waals surface area contributed by atoms with Gasteiger partial charge in [-0.05, 0) is 0 Å². The van der Waals surface area contributed by atoms with Crippen LogP contribution in [0.1, 0.15) is 0 Å². The lowest BCUT2D eigenvalue weighted by atomic mass is 10.2. The van der Waals surface area contributed by atoms with Crippen molar-refractivity contribution < 1.29 is 53.5 Å². The summed E-state index contributed by atoms with van der Waals surface area (Å²) in [5, 5.41) is 4.14. The van der Waals surface area contributed by atoms with Crippen molar-refractivity contribution >= 4 is 11.6 Å². The first-order valence-corrected chi connectivity index (χ1v) is 6.33. The number of nitrogens with one attached hydrogen (secondary N) is 2. The highest BCUT2D eigenvalue weighted by Crippen LogP contribution is 2.37. The van der Waals surface area contributed by atoms with Crippen molar-refractivity contribution in [3.05, 3.63) is 24.6 Å². The molecule has 0 fully saturated rings. The number of allylic oxidation sites excluding steroid dienone is 2. The molecule has 0 aromatic heterocycles. The van der Waals surface area contributed by atoms with Crippen LogP contribution in [0, 0.1) is 0 Å². The molecule has 0 atom stereocenters. The van der Waals surface area contributed by atoms with E-state index in [-0.39, 0.29) is 25.2 Å². The molecule has 0 rings (SSSR count). The van der Waals surface area contributed by atoms with Crippen molar-refractivity contribution in [1.82, 2.24) is 10.6 Å². The fraction of sp³-hybridized carbons (Fsp3) is 0.500. The molecule has 0 heterocycles. The molecule has 150 valence electrons. The molecular weight excluding hydrogens is 394 g/mol. The highest BCUT2D eigenvalue weighted by atomic mass is 19.4. The molecule has 26 heavy (non-hydrogen) atoms. The summed E-state index contributed by atoms with van der Waals surface area (Å²) in [6, 6.07) is 0. The topological polar surface area (TPSA) is 58.2 Å². The fourth-order valence-corrected chi connectivity index (χ4v) is 1.07. The van der Waals surface area contributed by atoms with Gasteiger partial charge < -0.3 is 10.6 Å². The summed E-state index contributed by atoms with van der Waals surface area (Å²) < 4.78 is 121. The third kappa shape index (κ3) is 6.22. The summed E-state index contributed by atoms with van der Waals surface area (Å²) in [6.45, 7) is -0.537. The number of alkyl halides is 10. The molecule has 0 aromatic carbocycles. The lowest BCUT2D eigenvalue weighted by Crippen LogP contribution is -2.43. The zero-order chi connectivity index (χ0) is 20.8. The van der Waals surface area contributed by atoms with E-state index in [4.69, 9.17) is 0 Å². The molecule has 0 aliphatic carbocycles. The van der Waals surface area contributed by atoms with Crippen LogP contribution in [0.15, 0.2) is 24.6 Å². The molecule has 2 N–H and O–H groups in total. The van der Waals surface area contributed by atoms with Gasteiger partial charge in [-0.15, -0.1) is 0 Å². The number of halogens is 10. The van der Waals surface area contributed by atoms with Crippen LogP contribution in [-0.4, -0.2) is 48.9 Å². The van der Waals surface area contributed by atoms with Gasteiger partial charge in [0.2, 0.25) is 11.6 Å². The van der Waals surface area contributed by atoms with Crippen molar-refractivity contribution in [2.45, 2.75) is 24.2 Å². The largest absolute Gasteiger partial charge is 0.461 e. The number of ketones is 2. The number of rotatable bonds is 9. The molecule has 0 aliphatic rings. The van der Waals surface area contributed by atoms with Gasteiger partial charge in [0.25, 0.3) is 0 Å². The third-order valence-corrected chi connectivity index (χ3v) is 2.45. The number of carbonyl (C=O) groups excluding carboxylic acids is 2. The highest BCUT2D eigenvalue weighted by Gasteiger charge is 2.62. The van der Waals surface area contributed by atoms with Crippen molar-refractivity contribution in [3.8, 4) is 0 Å². The third-order valence-electron chi connectivity index (χ3n) is 2.45. The minimum Gasteiger partial charge on any atom is -0.389 e. The van der Waals surface area contributed by atoms with Crippen LogP contribution in [0.2, 0.25) is 0 Å². The molecule has 0 aliphatic heterocycles. The Morgan fingerprint density at radius 2 is 0.885 bits per heavy atom. The van der Waals surface area contributed by atoms with Gasteiger partial charge in [0.05, 0.1) is 0 Å². The fourth-order valence-electron chi connectivity index (χ4n) is 1.07. The first-order valence-electron chi connectivity index (χ1n) is 6.33. The first kappa shape index (κ1) is 23.7. The second kappa shape index (κ2) is 8.40. The Morgan fingerprint density at radius 3 is 1.12 bits per heavy atom. The van der Waals surface area contributed by atoms with E-state index in [2.05, 4.69) is 10.6 Å². The van der Waals surface area contributed by atoms with E-state index in [9.17, 15) is 53.5 Å². The van der Waals surface area contributed by atoms with Crippen LogP contribution in [0.4, 0.5) is 43.9 Å². The molecule has 0 amide bonds. The Balaban J connectivity index is 4.27. The van der Waals surface area contributed by atoms with Gasteiger partial charge in [-0.25, -0.2) is 0 Å². The highest BCUT2D eigenvalue weighted by molar-refractivity contribution is 5.96. The van der Waals surface area contributed by atoms with Crippen LogP contribution in [-0.2, 0) is 9.59 Å². The van der Waals surface area contributed by atoms with Gasteiger partial charge in [0.1, 0.15) is 0 Å². The van der Waals surface area contributed by atoms with E-state index in [0.717, 1.165) is 0 Å². The average Bonchev–Trinajstić information content (AvgIpc) is 2.46. The van der Waals surface area contributed by atoms with E-state index in [1.165, 1.54) is 0 Å². The monoisotopic (exact) mass is 404 g/mol. The van der Waals surface area contributed by atoms with Crippen molar-refractivity contribution in [2.24, 2.45) is 0 Å². The molecule has 0 bridgehead atoms. The van der Waals surface area contributed by atoms with Crippen LogP contribution < -0.4 is 10.6 Å². The second-order valence-corrected chi connectivity index (χ2v) is 4.45. The maximum Gasteiger partial charge on any atom is 0.461 e. The predicted molar refractivity (Wildman–Crippen MR) is 66.3 cm³/mol. The van der Waals surface area contributed by atoms with Gasteiger partial charge in [-0.1, -0.05) is 0 Å². The number of carbonyl (C=O) groups is 2. The van der Waals surface area contributed by atoms with Crippen molar-refractivity contribution in [2.75, 3.05) is 13.1 Å². The maximum atomic E-state index is 12.5. The van der Waals surface area contributed by atoms with E-state index in [0.29, 0.717) is 12.4 Å². The minimum absolute atomic E-state index is 0.0866. The summed E-state index contributed by atoms with van der Waals surface area (Å²) in [6.07, 6.45) is -11.4. The first-order chi connectivity index (χ1) is 11.5. The molecule has 0 radical (unpaired) electrons. The smallest absolute Gasteiger partial charge is 0.389 e. The van der Waals surface area contributed by atoms with Crippen LogP contribution in [0.5, 0.6) is 0 Å². The lowest BCUT2D eigenvalue weighted by Gasteiger charge is -2.16. The van der Waals surface area contributed by atoms with Gasteiger partial charge in [-0.3, -0.25) is 9.59 Å². The SMILES string of the molecule is O=C(/C=C\NCCN/C=C\C(=O)C(F)(F)C(F)(F)F)C(F)(F)C(F)(F)F. The van der Waals surface area contributed by atoms with E-state index >= 15 is 0 Å². The van der Waals surface area contributed by atoms with Crippen LogP contribution in [0.3, 0.4) is 0 Å². The molecule has 4 nitrogen and oxygen atoms in total. The van der Waals surface area contributed by atoms with Gasteiger partial charge in [0.15, 0.2) is 0 Å². The van der Waals surface area contributed by atoms with Gasteiger partial charge >= 0.3 is 24.2 Å². The van der Waals surface area contributed by atoms with Gasteiger partial charge in [0, 0.05) is 37.6 Å².